The Morgan fingerprint density at radius 3 is 2.62 bits per heavy atom. The lowest BCUT2D eigenvalue weighted by Crippen LogP contribution is -2.38. The molecule has 3 aromatic heterocycles. The molecule has 0 radical (unpaired) electrons. The lowest BCUT2D eigenvalue weighted by molar-refractivity contribution is 0.311. The third-order valence-electron chi connectivity index (χ3n) is 4.64. The van der Waals surface area contributed by atoms with E-state index in [-0.39, 0.29) is 10.9 Å². The molecule has 1 saturated heterocycles. The second-order valence-corrected chi connectivity index (χ2v) is 8.41. The van der Waals surface area contributed by atoms with Gasteiger partial charge in [-0.25, -0.2) is 13.4 Å². The van der Waals surface area contributed by atoms with E-state index in [0.29, 0.717) is 31.6 Å². The van der Waals surface area contributed by atoms with Crippen LogP contribution in [0, 0.1) is 0 Å². The summed E-state index contributed by atoms with van der Waals surface area (Å²) in [7, 11) is 0.334. The summed E-state index contributed by atoms with van der Waals surface area (Å²) >= 11 is 0. The van der Waals surface area contributed by atoms with Gasteiger partial charge in [0.1, 0.15) is 5.82 Å². The van der Waals surface area contributed by atoms with Crippen LogP contribution in [0.15, 0.2) is 29.7 Å². The van der Waals surface area contributed by atoms with Crippen LogP contribution >= 0.6 is 0 Å². The van der Waals surface area contributed by atoms with Gasteiger partial charge in [-0.1, -0.05) is 0 Å². The third kappa shape index (κ3) is 2.82. The fraction of sp³-hybridized carbons (Fsp3) is 0.467. The van der Waals surface area contributed by atoms with Crippen molar-refractivity contribution in [2.75, 3.05) is 32.1 Å². The van der Waals surface area contributed by atoms with Crippen molar-refractivity contribution in [2.24, 2.45) is 0 Å². The van der Waals surface area contributed by atoms with E-state index >= 15 is 0 Å². The summed E-state index contributed by atoms with van der Waals surface area (Å²) in [5.74, 6) is 1.71. The summed E-state index contributed by atoms with van der Waals surface area (Å²) in [5, 5.41) is 13.2. The minimum absolute atomic E-state index is 0.114. The largest absolute Gasteiger partial charge is 0.361 e. The van der Waals surface area contributed by atoms with Crippen molar-refractivity contribution >= 4 is 21.5 Å². The van der Waals surface area contributed by atoms with Crippen LogP contribution in [-0.2, 0) is 10.0 Å². The molecule has 0 saturated carbocycles. The molecule has 4 rings (SSSR count). The molecule has 0 aromatic carbocycles. The van der Waals surface area contributed by atoms with Crippen molar-refractivity contribution in [3.63, 3.8) is 0 Å². The van der Waals surface area contributed by atoms with Gasteiger partial charge in [0.2, 0.25) is 0 Å². The van der Waals surface area contributed by atoms with E-state index in [1.807, 2.05) is 31.1 Å². The first kappa shape index (κ1) is 16.9. The van der Waals surface area contributed by atoms with E-state index in [4.69, 9.17) is 0 Å². The number of fused-ring (bicyclic) bond motifs is 1. The molecule has 0 amide bonds. The zero-order valence-corrected chi connectivity index (χ0v) is 15.4. The SMILES string of the molecule is CN(C)c1ccc2nnc(C3CCN(S(=O)(=O)c4cnc[nH]4)CC3)n2n1. The van der Waals surface area contributed by atoms with E-state index < -0.39 is 10.0 Å². The molecule has 11 heteroatoms. The lowest BCUT2D eigenvalue weighted by Gasteiger charge is -2.29. The molecule has 4 heterocycles. The van der Waals surface area contributed by atoms with E-state index in [1.165, 1.54) is 16.8 Å². The van der Waals surface area contributed by atoms with Crippen LogP contribution in [0.3, 0.4) is 0 Å². The fourth-order valence-electron chi connectivity index (χ4n) is 3.17. The standard InChI is InChI=1S/C15H20N8O2S/c1-21(2)13-4-3-12-18-19-15(23(12)20-13)11-5-7-22(8-6-11)26(24,25)14-9-16-10-17-14/h3-4,9-11H,5-8H2,1-2H3,(H,16,17). The number of anilines is 1. The molecule has 26 heavy (non-hydrogen) atoms. The highest BCUT2D eigenvalue weighted by Gasteiger charge is 2.32. The molecule has 1 N–H and O–H groups in total. The van der Waals surface area contributed by atoms with Gasteiger partial charge in [-0.15, -0.1) is 15.3 Å². The highest BCUT2D eigenvalue weighted by Crippen LogP contribution is 2.29. The average molecular weight is 376 g/mol. The predicted octanol–water partition coefficient (Wildman–Crippen LogP) is 0.482. The molecule has 3 aromatic rings. The zero-order valence-electron chi connectivity index (χ0n) is 14.6. The van der Waals surface area contributed by atoms with Crippen molar-refractivity contribution in [1.82, 2.24) is 34.1 Å². The van der Waals surface area contributed by atoms with E-state index in [0.717, 1.165) is 11.6 Å². The first-order chi connectivity index (χ1) is 12.5. The van der Waals surface area contributed by atoms with Crippen molar-refractivity contribution in [2.45, 2.75) is 23.8 Å². The maximum absolute atomic E-state index is 12.6. The summed E-state index contributed by atoms with van der Waals surface area (Å²) < 4.78 is 28.4. The lowest BCUT2D eigenvalue weighted by atomic mass is 9.97. The number of hydrogen-bond donors (Lipinski definition) is 1. The van der Waals surface area contributed by atoms with Crippen molar-refractivity contribution in [3.8, 4) is 0 Å². The minimum atomic E-state index is -3.52. The van der Waals surface area contributed by atoms with Gasteiger partial charge in [0, 0.05) is 33.1 Å². The monoisotopic (exact) mass is 376 g/mol. The zero-order chi connectivity index (χ0) is 18.3. The summed E-state index contributed by atoms with van der Waals surface area (Å²) in [4.78, 5) is 8.39. The molecule has 1 aliphatic heterocycles. The van der Waals surface area contributed by atoms with Crippen molar-refractivity contribution in [3.05, 3.63) is 30.5 Å². The molecule has 0 bridgehead atoms. The second kappa shape index (κ2) is 6.32. The molecule has 1 aliphatic rings. The highest BCUT2D eigenvalue weighted by molar-refractivity contribution is 7.89. The van der Waals surface area contributed by atoms with Crippen LogP contribution in [0.1, 0.15) is 24.6 Å². The smallest absolute Gasteiger partial charge is 0.260 e. The number of sulfonamides is 1. The van der Waals surface area contributed by atoms with E-state index in [2.05, 4.69) is 25.3 Å². The number of aromatic amines is 1. The summed E-state index contributed by atoms with van der Waals surface area (Å²) in [6.45, 7) is 0.850. The number of imidazole rings is 1. The van der Waals surface area contributed by atoms with Gasteiger partial charge in [-0.05, 0) is 25.0 Å². The van der Waals surface area contributed by atoms with Gasteiger partial charge in [0.25, 0.3) is 10.0 Å². The molecule has 0 aliphatic carbocycles. The predicted molar refractivity (Wildman–Crippen MR) is 94.4 cm³/mol. The van der Waals surface area contributed by atoms with Crippen LogP contribution < -0.4 is 4.90 Å². The third-order valence-corrected chi connectivity index (χ3v) is 6.47. The van der Waals surface area contributed by atoms with Gasteiger partial charge < -0.3 is 9.88 Å². The van der Waals surface area contributed by atoms with Gasteiger partial charge in [0.15, 0.2) is 16.5 Å². The van der Waals surface area contributed by atoms with Gasteiger partial charge in [-0.3, -0.25) is 0 Å². The van der Waals surface area contributed by atoms with Gasteiger partial charge in [-0.2, -0.15) is 8.82 Å². The number of piperidine rings is 1. The second-order valence-electron chi connectivity index (χ2n) is 6.51. The summed E-state index contributed by atoms with van der Waals surface area (Å²) in [5.41, 5.74) is 0.693. The molecular weight excluding hydrogens is 356 g/mol. The maximum atomic E-state index is 12.6. The molecule has 10 nitrogen and oxygen atoms in total. The molecular formula is C15H20N8O2S. The Bertz CT molecular complexity index is 1000. The quantitative estimate of drug-likeness (QED) is 0.705. The molecule has 138 valence electrons. The van der Waals surface area contributed by atoms with Crippen molar-refractivity contribution < 1.29 is 8.42 Å². The first-order valence-electron chi connectivity index (χ1n) is 8.35. The van der Waals surface area contributed by atoms with Crippen LogP contribution in [0.2, 0.25) is 0 Å². The first-order valence-corrected chi connectivity index (χ1v) is 9.79. The molecule has 0 spiro atoms. The Hall–Kier alpha value is -2.53. The Morgan fingerprint density at radius 2 is 1.96 bits per heavy atom. The normalized spacial score (nSPS) is 17.0. The van der Waals surface area contributed by atoms with Crippen LogP contribution in [-0.4, -0.2) is 69.7 Å². The van der Waals surface area contributed by atoms with Gasteiger partial charge in [0.05, 0.1) is 12.5 Å². The number of hydrogen-bond acceptors (Lipinski definition) is 7. The van der Waals surface area contributed by atoms with Crippen molar-refractivity contribution in [1.29, 1.82) is 0 Å². The number of nitrogens with one attached hydrogen (secondary N) is 1. The summed E-state index contributed by atoms with van der Waals surface area (Å²) in [6.07, 6.45) is 4.04. The van der Waals surface area contributed by atoms with E-state index in [1.54, 1.807) is 4.52 Å². The van der Waals surface area contributed by atoms with Crippen LogP contribution in [0.4, 0.5) is 5.82 Å². The Kier molecular flexibility index (Phi) is 4.11. The number of nitrogens with zero attached hydrogens (tertiary/aromatic N) is 7. The van der Waals surface area contributed by atoms with Gasteiger partial charge >= 0.3 is 0 Å². The Labute approximate surface area is 150 Å². The summed E-state index contributed by atoms with van der Waals surface area (Å²) in [6, 6.07) is 3.78. The maximum Gasteiger partial charge on any atom is 0.260 e. The fourth-order valence-corrected chi connectivity index (χ4v) is 4.53. The Balaban J connectivity index is 1.55. The topological polar surface area (TPSA) is 112 Å². The number of aromatic nitrogens is 6. The molecule has 0 atom stereocenters. The molecule has 0 unspecified atom stereocenters. The number of rotatable bonds is 4. The van der Waals surface area contributed by atoms with Crippen LogP contribution in [0.5, 0.6) is 0 Å². The average Bonchev–Trinajstić information content (AvgIpc) is 3.31. The highest BCUT2D eigenvalue weighted by atomic mass is 32.2. The van der Waals surface area contributed by atoms with Crippen LogP contribution in [0.25, 0.3) is 5.65 Å². The Morgan fingerprint density at radius 1 is 1.19 bits per heavy atom. The molecule has 1 fully saturated rings. The van der Waals surface area contributed by atoms with E-state index in [9.17, 15) is 8.42 Å². The minimum Gasteiger partial charge on any atom is -0.361 e. The number of H-pyrrole nitrogens is 1.